The molecule has 1 aliphatic rings. The number of imidazole rings is 1. The highest BCUT2D eigenvalue weighted by molar-refractivity contribution is 8.00. The van der Waals surface area contributed by atoms with Gasteiger partial charge in [0.1, 0.15) is 5.65 Å². The summed E-state index contributed by atoms with van der Waals surface area (Å²) < 4.78 is 2.10. The van der Waals surface area contributed by atoms with Crippen molar-refractivity contribution in [3.05, 3.63) is 48.5 Å². The highest BCUT2D eigenvalue weighted by atomic mass is 32.2. The molecule has 29 heavy (non-hydrogen) atoms. The van der Waals surface area contributed by atoms with Crippen molar-refractivity contribution in [3.8, 4) is 0 Å². The lowest BCUT2D eigenvalue weighted by molar-refractivity contribution is -0.131. The molecule has 1 fully saturated rings. The number of hydrogen-bond donors (Lipinski definition) is 0. The van der Waals surface area contributed by atoms with E-state index in [1.807, 2.05) is 48.2 Å². The monoisotopic (exact) mass is 404 g/mol. The number of likely N-dealkylation sites (tertiary alicyclic amines) is 1. The second-order valence-electron chi connectivity index (χ2n) is 7.94. The van der Waals surface area contributed by atoms with Gasteiger partial charge in [-0.3, -0.25) is 9.20 Å². The van der Waals surface area contributed by atoms with Gasteiger partial charge in [0.15, 0.2) is 5.16 Å². The van der Waals surface area contributed by atoms with Crippen molar-refractivity contribution in [1.82, 2.24) is 19.3 Å². The molecule has 0 N–H and O–H groups in total. The van der Waals surface area contributed by atoms with Crippen LogP contribution in [0.1, 0.15) is 26.7 Å². The first-order chi connectivity index (χ1) is 14.1. The Morgan fingerprint density at radius 1 is 1.03 bits per heavy atom. The number of carbonyl (C=O) groups is 1. The lowest BCUT2D eigenvalue weighted by Gasteiger charge is -2.32. The second-order valence-corrected chi connectivity index (χ2v) is 9.25. The van der Waals surface area contributed by atoms with Gasteiger partial charge >= 0.3 is 0 Å². The zero-order chi connectivity index (χ0) is 20.0. The van der Waals surface area contributed by atoms with E-state index >= 15 is 0 Å². The maximum Gasteiger partial charge on any atom is 0.235 e. The summed E-state index contributed by atoms with van der Waals surface area (Å²) in [4.78, 5) is 24.9. The van der Waals surface area contributed by atoms with Crippen molar-refractivity contribution in [3.63, 3.8) is 0 Å². The Morgan fingerprint density at radius 3 is 2.52 bits per heavy atom. The number of para-hydroxylation sites is 3. The molecule has 0 aliphatic carbocycles. The number of hydrogen-bond acceptors (Lipinski definition) is 4. The topological polar surface area (TPSA) is 50.5 Å². The zero-order valence-corrected chi connectivity index (χ0v) is 17.5. The highest BCUT2D eigenvalue weighted by Gasteiger charge is 2.26. The molecule has 1 aliphatic heterocycles. The van der Waals surface area contributed by atoms with E-state index in [1.54, 1.807) is 0 Å². The van der Waals surface area contributed by atoms with Crippen LogP contribution in [0.4, 0.5) is 0 Å². The summed E-state index contributed by atoms with van der Waals surface area (Å²) in [6.07, 6.45) is 2.18. The van der Waals surface area contributed by atoms with Crippen LogP contribution in [0.3, 0.4) is 0 Å². The molecule has 3 heterocycles. The van der Waals surface area contributed by atoms with E-state index in [-0.39, 0.29) is 11.2 Å². The summed E-state index contributed by atoms with van der Waals surface area (Å²) in [5.74, 6) is 0.913. The third kappa shape index (κ3) is 3.25. The van der Waals surface area contributed by atoms with Crippen LogP contribution in [0.2, 0.25) is 0 Å². The molecule has 1 saturated heterocycles. The molecular weight excluding hydrogens is 380 g/mol. The number of fused-ring (bicyclic) bond motifs is 5. The second kappa shape index (κ2) is 7.34. The van der Waals surface area contributed by atoms with E-state index in [2.05, 4.69) is 23.5 Å². The van der Waals surface area contributed by atoms with E-state index < -0.39 is 0 Å². The average molecular weight is 405 g/mol. The van der Waals surface area contributed by atoms with Crippen molar-refractivity contribution in [2.24, 2.45) is 5.92 Å². The molecule has 5 rings (SSSR count). The van der Waals surface area contributed by atoms with Crippen LogP contribution in [0.25, 0.3) is 27.6 Å². The molecule has 2 aromatic carbocycles. The fraction of sp³-hybridized carbons (Fsp3) is 0.348. The standard InChI is InChI=1S/C23H24N4OS/c1-15-11-13-26(14-12-15)22(28)16(2)29-23-25-18-8-4-3-7-17(18)21-24-19-9-5-6-10-20(19)27(21)23/h3-10,15-16H,11-14H2,1-2H3. The molecule has 2 aromatic heterocycles. The molecule has 1 atom stereocenters. The number of nitrogens with zero attached hydrogens (tertiary/aromatic N) is 4. The molecule has 4 aromatic rings. The van der Waals surface area contributed by atoms with Crippen LogP contribution in [-0.4, -0.2) is 43.5 Å². The minimum atomic E-state index is -0.193. The number of thioether (sulfide) groups is 1. The fourth-order valence-electron chi connectivity index (χ4n) is 4.09. The predicted octanol–water partition coefficient (Wildman–Crippen LogP) is 4.77. The smallest absolute Gasteiger partial charge is 0.235 e. The van der Waals surface area contributed by atoms with E-state index in [0.29, 0.717) is 5.92 Å². The molecule has 0 spiro atoms. The Labute approximate surface area is 174 Å². The maximum atomic E-state index is 13.1. The molecule has 1 amide bonds. The van der Waals surface area contributed by atoms with Crippen LogP contribution in [0.5, 0.6) is 0 Å². The van der Waals surface area contributed by atoms with Gasteiger partial charge in [-0.2, -0.15) is 0 Å². The van der Waals surface area contributed by atoms with Gasteiger partial charge in [0, 0.05) is 18.5 Å². The molecular formula is C23H24N4OS. The number of aromatic nitrogens is 3. The molecule has 6 heteroatoms. The highest BCUT2D eigenvalue weighted by Crippen LogP contribution is 2.31. The van der Waals surface area contributed by atoms with Gasteiger partial charge in [0.25, 0.3) is 0 Å². The lowest BCUT2D eigenvalue weighted by Crippen LogP contribution is -2.41. The van der Waals surface area contributed by atoms with Crippen molar-refractivity contribution in [2.45, 2.75) is 37.1 Å². The van der Waals surface area contributed by atoms with Crippen molar-refractivity contribution in [2.75, 3.05) is 13.1 Å². The van der Waals surface area contributed by atoms with Crippen LogP contribution in [-0.2, 0) is 4.79 Å². The Bertz CT molecular complexity index is 1210. The van der Waals surface area contributed by atoms with Gasteiger partial charge < -0.3 is 4.90 Å². The minimum Gasteiger partial charge on any atom is -0.342 e. The molecule has 0 radical (unpaired) electrons. The number of amides is 1. The normalized spacial score (nSPS) is 16.7. The SMILES string of the molecule is CC1CCN(C(=O)C(C)Sc2nc3ccccc3c3nc4ccccc4n23)CC1. The van der Waals surface area contributed by atoms with Gasteiger partial charge in [-0.1, -0.05) is 43.0 Å². The average Bonchev–Trinajstić information content (AvgIpc) is 3.14. The third-order valence-electron chi connectivity index (χ3n) is 5.84. The van der Waals surface area contributed by atoms with E-state index in [0.717, 1.165) is 58.7 Å². The third-order valence-corrected chi connectivity index (χ3v) is 6.88. The van der Waals surface area contributed by atoms with Crippen LogP contribution in [0, 0.1) is 5.92 Å². The summed E-state index contributed by atoms with van der Waals surface area (Å²) >= 11 is 1.53. The van der Waals surface area contributed by atoms with Gasteiger partial charge in [-0.15, -0.1) is 0 Å². The summed E-state index contributed by atoms with van der Waals surface area (Å²) in [6, 6.07) is 16.2. The van der Waals surface area contributed by atoms with Gasteiger partial charge in [0.2, 0.25) is 5.91 Å². The predicted molar refractivity (Wildman–Crippen MR) is 118 cm³/mol. The van der Waals surface area contributed by atoms with Crippen molar-refractivity contribution >= 4 is 45.3 Å². The summed E-state index contributed by atoms with van der Waals surface area (Å²) in [7, 11) is 0. The Hall–Kier alpha value is -2.60. The Balaban J connectivity index is 1.57. The van der Waals surface area contributed by atoms with Crippen molar-refractivity contribution < 1.29 is 4.79 Å². The van der Waals surface area contributed by atoms with E-state index in [4.69, 9.17) is 9.97 Å². The van der Waals surface area contributed by atoms with Crippen LogP contribution in [0.15, 0.2) is 53.7 Å². The quantitative estimate of drug-likeness (QED) is 0.364. The van der Waals surface area contributed by atoms with Gasteiger partial charge in [-0.25, -0.2) is 9.97 Å². The number of carbonyl (C=O) groups excluding carboxylic acids is 1. The first-order valence-corrected chi connectivity index (χ1v) is 11.1. The summed E-state index contributed by atoms with van der Waals surface area (Å²) in [5.41, 5.74) is 3.76. The zero-order valence-electron chi connectivity index (χ0n) is 16.7. The molecule has 0 bridgehead atoms. The van der Waals surface area contributed by atoms with Crippen LogP contribution >= 0.6 is 11.8 Å². The summed E-state index contributed by atoms with van der Waals surface area (Å²) in [5, 5.41) is 1.65. The first kappa shape index (κ1) is 18.4. The van der Waals surface area contributed by atoms with Gasteiger partial charge in [0.05, 0.1) is 21.8 Å². The maximum absolute atomic E-state index is 13.1. The van der Waals surface area contributed by atoms with E-state index in [1.165, 1.54) is 11.8 Å². The molecule has 1 unspecified atom stereocenters. The number of benzene rings is 2. The molecule has 148 valence electrons. The number of piperidine rings is 1. The molecule has 0 saturated carbocycles. The largest absolute Gasteiger partial charge is 0.342 e. The lowest BCUT2D eigenvalue weighted by atomic mass is 9.99. The molecule has 5 nitrogen and oxygen atoms in total. The first-order valence-electron chi connectivity index (χ1n) is 10.2. The van der Waals surface area contributed by atoms with E-state index in [9.17, 15) is 4.79 Å². The summed E-state index contributed by atoms with van der Waals surface area (Å²) in [6.45, 7) is 5.98. The Kier molecular flexibility index (Phi) is 4.66. The fourth-order valence-corrected chi connectivity index (χ4v) is 5.09. The Morgan fingerprint density at radius 2 is 1.72 bits per heavy atom. The van der Waals surface area contributed by atoms with Crippen molar-refractivity contribution in [1.29, 1.82) is 0 Å². The van der Waals surface area contributed by atoms with Gasteiger partial charge in [-0.05, 0) is 49.9 Å². The van der Waals surface area contributed by atoms with Crippen LogP contribution < -0.4 is 0 Å². The minimum absolute atomic E-state index is 0.193. The number of rotatable bonds is 3.